The Balaban J connectivity index is 1.50. The van der Waals surface area contributed by atoms with Crippen LogP contribution in [0.25, 0.3) is 10.8 Å². The molecule has 2 bridgehead atoms. The van der Waals surface area contributed by atoms with Crippen LogP contribution in [0.2, 0.25) is 0 Å². The quantitative estimate of drug-likeness (QED) is 0.463. The van der Waals surface area contributed by atoms with Crippen molar-refractivity contribution in [2.24, 2.45) is 0 Å². The number of rotatable bonds is 3. The van der Waals surface area contributed by atoms with Crippen molar-refractivity contribution in [3.8, 4) is 6.07 Å². The van der Waals surface area contributed by atoms with Crippen LogP contribution in [0.5, 0.6) is 0 Å². The Kier molecular flexibility index (Phi) is 4.80. The van der Waals surface area contributed by atoms with Gasteiger partial charge in [0.25, 0.3) is 11.8 Å². The predicted octanol–water partition coefficient (Wildman–Crippen LogP) is 3.06. The van der Waals surface area contributed by atoms with Crippen LogP contribution in [0, 0.1) is 11.3 Å². The number of fused-ring (bicyclic) bond motifs is 6. The first kappa shape index (κ1) is 23.8. The molecule has 8 nitrogen and oxygen atoms in total. The van der Waals surface area contributed by atoms with Crippen molar-refractivity contribution in [3.05, 3.63) is 36.2 Å². The maximum Gasteiger partial charge on any atom is 0.460 e. The topological polar surface area (TPSA) is 97.6 Å². The molecule has 1 aromatic carbocycles. The summed E-state index contributed by atoms with van der Waals surface area (Å²) in [6.07, 6.45) is -5.86. The average Bonchev–Trinajstić information content (AvgIpc) is 3.48. The Morgan fingerprint density at radius 3 is 2.31 bits per heavy atom. The largest absolute Gasteiger partial charge is 0.460 e. The van der Waals surface area contributed by atoms with Gasteiger partial charge in [-0.25, -0.2) is 14.7 Å². The average molecular weight is 515 g/mol. The van der Waals surface area contributed by atoms with Crippen molar-refractivity contribution in [3.63, 3.8) is 0 Å². The van der Waals surface area contributed by atoms with Crippen LogP contribution in [0.15, 0.2) is 30.5 Å². The van der Waals surface area contributed by atoms with Gasteiger partial charge in [0.15, 0.2) is 0 Å². The van der Waals surface area contributed by atoms with Crippen LogP contribution in [0.1, 0.15) is 12.1 Å². The van der Waals surface area contributed by atoms with E-state index in [1.54, 1.807) is 12.1 Å². The minimum Gasteiger partial charge on any atom is -0.330 e. The van der Waals surface area contributed by atoms with Crippen LogP contribution >= 0.6 is 0 Å². The van der Waals surface area contributed by atoms with Gasteiger partial charge in [0, 0.05) is 17.3 Å². The molecule has 3 aliphatic heterocycles. The third kappa shape index (κ3) is 2.86. The van der Waals surface area contributed by atoms with E-state index in [0.29, 0.717) is 10.3 Å². The van der Waals surface area contributed by atoms with Gasteiger partial charge in [-0.15, -0.1) is 0 Å². The fraction of sp³-hybridized carbons (Fsp3) is 0.381. The summed E-state index contributed by atoms with van der Waals surface area (Å²) in [6, 6.07) is 2.98. The van der Waals surface area contributed by atoms with Gasteiger partial charge in [-0.05, 0) is 6.42 Å². The first-order valence-corrected chi connectivity index (χ1v) is 10.3. The van der Waals surface area contributed by atoms with E-state index in [1.165, 1.54) is 12.1 Å². The zero-order chi connectivity index (χ0) is 26.4. The zero-order valence-corrected chi connectivity index (χ0v) is 17.6. The highest BCUT2D eigenvalue weighted by molar-refractivity contribution is 6.25. The minimum absolute atomic E-state index is 0.00129. The number of likely N-dealkylation sites (tertiary alicyclic amines) is 1. The van der Waals surface area contributed by atoms with Crippen molar-refractivity contribution in [1.82, 2.24) is 14.8 Å². The van der Waals surface area contributed by atoms with Crippen molar-refractivity contribution in [2.45, 2.75) is 42.6 Å². The standard InChI is InChI=1S/C21H12F7N5O3/c22-19(23,20(24,25)21(26,27)28)17(35)31-8-9-5-13(31)15-16(34)33(18(36)32(9)15)14-7-30-12(6-29)10-3-1-2-4-11(10)14/h1-4,7,9,13,15H,5,8H2/t9?,13?,15-/m1/s1. The van der Waals surface area contributed by atoms with Gasteiger partial charge < -0.3 is 9.80 Å². The molecule has 3 saturated heterocycles. The number of carbonyl (C=O) groups excluding carboxylic acids is 3. The molecule has 2 aromatic rings. The molecule has 0 radical (unpaired) electrons. The highest BCUT2D eigenvalue weighted by Crippen LogP contribution is 2.50. The zero-order valence-electron chi connectivity index (χ0n) is 17.6. The SMILES string of the molecule is N#Cc1ncc(N2C(=O)[C@H]3C4CC(CN4C(=O)C(F)(F)C(F)(F)C(F)(F)F)N3C2=O)c2ccccc12. The summed E-state index contributed by atoms with van der Waals surface area (Å²) in [5.41, 5.74) is -0.0428. The van der Waals surface area contributed by atoms with Crippen molar-refractivity contribution >= 4 is 34.3 Å². The second-order valence-corrected chi connectivity index (χ2v) is 8.52. The molecule has 0 aliphatic carbocycles. The maximum atomic E-state index is 14.1. The number of benzene rings is 1. The number of carbonyl (C=O) groups is 3. The van der Waals surface area contributed by atoms with Crippen LogP contribution in [-0.2, 0) is 9.59 Å². The number of piperazine rings is 1. The lowest BCUT2D eigenvalue weighted by Gasteiger charge is -2.38. The molecule has 4 amide bonds. The summed E-state index contributed by atoms with van der Waals surface area (Å²) >= 11 is 0. The first-order valence-electron chi connectivity index (χ1n) is 10.3. The first-order chi connectivity index (χ1) is 16.7. The molecule has 5 rings (SSSR count). The molecule has 36 heavy (non-hydrogen) atoms. The number of nitrogens with zero attached hydrogens (tertiary/aromatic N) is 5. The van der Waals surface area contributed by atoms with E-state index >= 15 is 0 Å². The Morgan fingerprint density at radius 2 is 1.69 bits per heavy atom. The summed E-state index contributed by atoms with van der Waals surface area (Å²) in [5.74, 6) is -16.5. The van der Waals surface area contributed by atoms with Crippen LogP contribution < -0.4 is 4.90 Å². The lowest BCUT2D eigenvalue weighted by molar-refractivity contribution is -0.346. The lowest BCUT2D eigenvalue weighted by Crippen LogP contribution is -2.64. The molecule has 0 saturated carbocycles. The maximum absolute atomic E-state index is 14.1. The number of nitriles is 1. The van der Waals surface area contributed by atoms with Crippen LogP contribution in [0.3, 0.4) is 0 Å². The number of urea groups is 1. The Hall–Kier alpha value is -3.96. The number of pyridine rings is 1. The summed E-state index contributed by atoms with van der Waals surface area (Å²) in [6.45, 7) is -0.747. The highest BCUT2D eigenvalue weighted by atomic mass is 19.4. The number of aromatic nitrogens is 1. The van der Waals surface area contributed by atoms with Gasteiger partial charge >= 0.3 is 24.1 Å². The molecule has 3 aliphatic rings. The van der Waals surface area contributed by atoms with Crippen molar-refractivity contribution in [1.29, 1.82) is 5.26 Å². The molecule has 15 heteroatoms. The number of anilines is 1. The van der Waals surface area contributed by atoms with Crippen LogP contribution in [-0.4, -0.2) is 75.3 Å². The highest BCUT2D eigenvalue weighted by Gasteiger charge is 2.78. The molecule has 4 heterocycles. The Labute approximate surface area is 196 Å². The number of halogens is 7. The van der Waals surface area contributed by atoms with Gasteiger partial charge in [0.05, 0.1) is 24.0 Å². The van der Waals surface area contributed by atoms with E-state index in [9.17, 15) is 50.4 Å². The fourth-order valence-electron chi connectivity index (χ4n) is 5.05. The number of hydrogen-bond acceptors (Lipinski definition) is 5. The number of alkyl halides is 7. The summed E-state index contributed by atoms with van der Waals surface area (Å²) in [5, 5.41) is 9.85. The second-order valence-electron chi connectivity index (χ2n) is 8.52. The smallest absolute Gasteiger partial charge is 0.330 e. The molecular formula is C21H12F7N5O3. The molecule has 0 spiro atoms. The van der Waals surface area contributed by atoms with Gasteiger partial charge in [0.2, 0.25) is 0 Å². The fourth-order valence-corrected chi connectivity index (χ4v) is 5.05. The summed E-state index contributed by atoms with van der Waals surface area (Å²) in [4.78, 5) is 44.4. The van der Waals surface area contributed by atoms with E-state index in [2.05, 4.69) is 4.98 Å². The normalized spacial score (nSPS) is 24.1. The van der Waals surface area contributed by atoms with Gasteiger partial charge in [0.1, 0.15) is 17.8 Å². The summed E-state index contributed by atoms with van der Waals surface area (Å²) < 4.78 is 92.8. The van der Waals surface area contributed by atoms with E-state index < -0.39 is 60.5 Å². The monoisotopic (exact) mass is 515 g/mol. The number of imide groups is 1. The molecule has 3 fully saturated rings. The third-order valence-electron chi connectivity index (χ3n) is 6.67. The van der Waals surface area contributed by atoms with E-state index in [1.807, 2.05) is 6.07 Å². The molecule has 188 valence electrons. The number of hydrogen-bond donors (Lipinski definition) is 0. The predicted molar refractivity (Wildman–Crippen MR) is 105 cm³/mol. The van der Waals surface area contributed by atoms with Crippen molar-refractivity contribution in [2.75, 3.05) is 11.4 Å². The van der Waals surface area contributed by atoms with Crippen molar-refractivity contribution < 1.29 is 45.1 Å². The summed E-state index contributed by atoms with van der Waals surface area (Å²) in [7, 11) is 0. The lowest BCUT2D eigenvalue weighted by atomic mass is 10.0. The minimum atomic E-state index is -6.70. The third-order valence-corrected chi connectivity index (χ3v) is 6.67. The molecule has 0 N–H and O–H groups in total. The van der Waals surface area contributed by atoms with Crippen LogP contribution in [0.4, 0.5) is 41.2 Å². The van der Waals surface area contributed by atoms with E-state index in [0.717, 1.165) is 11.1 Å². The second kappa shape index (κ2) is 7.28. The molecular weight excluding hydrogens is 503 g/mol. The number of amides is 4. The van der Waals surface area contributed by atoms with E-state index in [-0.39, 0.29) is 28.1 Å². The van der Waals surface area contributed by atoms with Gasteiger partial charge in [-0.3, -0.25) is 9.59 Å². The van der Waals surface area contributed by atoms with E-state index in [4.69, 9.17) is 0 Å². The molecule has 1 aromatic heterocycles. The van der Waals surface area contributed by atoms with Gasteiger partial charge in [-0.1, -0.05) is 24.3 Å². The molecule has 3 atom stereocenters. The van der Waals surface area contributed by atoms with Gasteiger partial charge in [-0.2, -0.15) is 36.0 Å². The Morgan fingerprint density at radius 1 is 1.06 bits per heavy atom. The molecule has 2 unspecified atom stereocenters. The Bertz CT molecular complexity index is 1370.